The Morgan fingerprint density at radius 3 is 1.92 bits per heavy atom. The standard InChI is InChI=1S/C12H12F2N2O.C11H17NO.C5H13N2.C2HF3O.C2H7N.CH4O.H2O.Y/c1-4-16-9(7-15-2)8-5-6-10(17-3)12(14)11(8)13;1-4-6-11(9-13)10(5-2)7-8-12-3;1-6-4-3-5-7-2;3-2(4,5)1-6;1-3-2;1-2;;/h4-7,16H,1-2H2,3H3;4,6-7,9,12H,1,5,8H2,2-3H3;6-7H,1,3-5H2,2H3;1H;3H,1-2H3;2H,1H3;1H2;/q;;-1;;;;;/b9-7-;10-7-,11-6-;;;;;;. The summed E-state index contributed by atoms with van der Waals surface area (Å²) in [6, 6.07) is 2.71. The summed E-state index contributed by atoms with van der Waals surface area (Å²) in [4.78, 5) is 22.9. The fraction of sp³-hybridized carbons (Fsp3) is 0.394. The van der Waals surface area contributed by atoms with Crippen molar-refractivity contribution in [2.45, 2.75) is 25.9 Å². The normalized spacial score (nSPS) is 10.2. The van der Waals surface area contributed by atoms with Gasteiger partial charge in [0, 0.05) is 57.5 Å². The minimum atomic E-state index is -4.64. The SMILES string of the molecule is C=C/C=C(C=O)\C(=C/CNC)CC.C=CN/C(=C\N=C)c1ccc(OC)c(F)c1F.CNC.CO.O.O=CC(F)(F)F.[CH2-]NCCCNC.[Y]. The van der Waals surface area contributed by atoms with Crippen LogP contribution in [0.5, 0.6) is 5.75 Å². The number of carbonyl (C=O) groups excluding carboxylic acids is 2. The Morgan fingerprint density at radius 1 is 1.04 bits per heavy atom. The molecule has 0 spiro atoms. The molecule has 0 bridgehead atoms. The van der Waals surface area contributed by atoms with Crippen molar-refractivity contribution in [1.29, 1.82) is 0 Å². The molecule has 0 saturated carbocycles. The third-order valence-electron chi connectivity index (χ3n) is 4.68. The largest absolute Gasteiger partial charge is 0.494 e. The van der Waals surface area contributed by atoms with Gasteiger partial charge in [-0.05, 0) is 84.7 Å². The summed E-state index contributed by atoms with van der Waals surface area (Å²) < 4.78 is 63.1. The first-order valence-corrected chi connectivity index (χ1v) is 14.2. The van der Waals surface area contributed by atoms with E-state index in [1.54, 1.807) is 12.2 Å². The van der Waals surface area contributed by atoms with Crippen LogP contribution in [-0.2, 0) is 42.3 Å². The number of ether oxygens (including phenoxy) is 1. The quantitative estimate of drug-likeness (QED) is 0.0294. The van der Waals surface area contributed by atoms with Crippen LogP contribution in [0.2, 0.25) is 0 Å². The molecular formula is C33H56F5N6O5Y-. The number of alkyl halides is 3. The molecule has 0 heterocycles. The molecule has 287 valence electrons. The zero-order valence-electron chi connectivity index (χ0n) is 30.1. The molecule has 1 aromatic carbocycles. The summed E-state index contributed by atoms with van der Waals surface area (Å²) in [6.07, 6.45) is 5.17. The van der Waals surface area contributed by atoms with E-state index in [0.29, 0.717) is 5.57 Å². The Labute approximate surface area is 319 Å². The monoisotopic (exact) mass is 800 g/mol. The van der Waals surface area contributed by atoms with E-state index in [2.05, 4.69) is 63.2 Å². The third kappa shape index (κ3) is 37.9. The van der Waals surface area contributed by atoms with Gasteiger partial charge in [-0.1, -0.05) is 38.3 Å². The molecule has 1 aromatic rings. The van der Waals surface area contributed by atoms with Gasteiger partial charge in [0.2, 0.25) is 12.1 Å². The number of hydrogen-bond acceptors (Lipinski definition) is 10. The number of aliphatic imine (C=N–C) groups is 1. The molecule has 50 heavy (non-hydrogen) atoms. The topological polar surface area (TPSA) is 168 Å². The maximum absolute atomic E-state index is 13.7. The fourth-order valence-electron chi connectivity index (χ4n) is 2.71. The molecule has 0 saturated heterocycles. The molecule has 17 heteroatoms. The molecule has 1 rings (SSSR count). The van der Waals surface area contributed by atoms with Crippen LogP contribution in [0.25, 0.3) is 5.70 Å². The average molecular weight is 801 g/mol. The number of rotatable bonds is 15. The van der Waals surface area contributed by atoms with Gasteiger partial charge in [0.05, 0.1) is 19.0 Å². The van der Waals surface area contributed by atoms with Crippen LogP contribution in [0.3, 0.4) is 0 Å². The first-order valence-electron chi connectivity index (χ1n) is 14.2. The molecule has 0 unspecified atom stereocenters. The summed E-state index contributed by atoms with van der Waals surface area (Å²) in [7, 11) is 13.3. The number of nitrogens with zero attached hydrogens (tertiary/aromatic N) is 1. The molecule has 1 radical (unpaired) electrons. The van der Waals surface area contributed by atoms with E-state index in [4.69, 9.17) is 9.90 Å². The Balaban J connectivity index is -0.0000000994. The number of nitrogens with one attached hydrogen (secondary N) is 5. The Hall–Kier alpha value is -2.96. The van der Waals surface area contributed by atoms with E-state index >= 15 is 0 Å². The van der Waals surface area contributed by atoms with Crippen molar-refractivity contribution >= 4 is 25.0 Å². The molecule has 0 amide bonds. The van der Waals surface area contributed by atoms with Gasteiger partial charge in [-0.3, -0.25) is 21.6 Å². The van der Waals surface area contributed by atoms with Gasteiger partial charge in [-0.15, -0.1) is 0 Å². The summed E-state index contributed by atoms with van der Waals surface area (Å²) in [5, 5.41) is 21.3. The summed E-state index contributed by atoms with van der Waals surface area (Å²) in [6.45, 7) is 15.1. The summed E-state index contributed by atoms with van der Waals surface area (Å²) in [5.74, 6) is -2.23. The molecular weight excluding hydrogens is 744 g/mol. The third-order valence-corrected chi connectivity index (χ3v) is 4.68. The number of aldehydes is 2. The van der Waals surface area contributed by atoms with E-state index in [1.165, 1.54) is 31.6 Å². The Bertz CT molecular complexity index is 1090. The van der Waals surface area contributed by atoms with Crippen LogP contribution >= 0.6 is 0 Å². The van der Waals surface area contributed by atoms with Crippen molar-refractivity contribution in [2.75, 3.05) is 62.0 Å². The number of hydrogen-bond donors (Lipinski definition) is 6. The van der Waals surface area contributed by atoms with Crippen LogP contribution in [0.15, 0.2) is 72.1 Å². The predicted molar refractivity (Wildman–Crippen MR) is 191 cm³/mol. The molecule has 0 atom stereocenters. The Kier molecular flexibility index (Phi) is 57.3. The zero-order chi connectivity index (χ0) is 38.4. The van der Waals surface area contributed by atoms with Gasteiger partial charge in [-0.2, -0.15) is 17.6 Å². The summed E-state index contributed by atoms with van der Waals surface area (Å²) >= 11 is 0. The zero-order valence-corrected chi connectivity index (χ0v) is 33.0. The van der Waals surface area contributed by atoms with Gasteiger partial charge in [-0.25, -0.2) is 4.39 Å². The van der Waals surface area contributed by atoms with Crippen molar-refractivity contribution in [3.05, 3.63) is 91.3 Å². The van der Waals surface area contributed by atoms with Crippen molar-refractivity contribution in [2.24, 2.45) is 4.99 Å². The maximum atomic E-state index is 13.7. The van der Waals surface area contributed by atoms with Crippen molar-refractivity contribution in [1.82, 2.24) is 26.6 Å². The van der Waals surface area contributed by atoms with Gasteiger partial charge >= 0.3 is 6.18 Å². The Morgan fingerprint density at radius 2 is 1.58 bits per heavy atom. The van der Waals surface area contributed by atoms with Crippen molar-refractivity contribution in [3.8, 4) is 5.75 Å². The van der Waals surface area contributed by atoms with E-state index < -0.39 is 24.1 Å². The molecule has 0 aliphatic carbocycles. The minimum absolute atomic E-state index is 0. The van der Waals surface area contributed by atoms with Gasteiger partial charge in [0.15, 0.2) is 11.6 Å². The van der Waals surface area contributed by atoms with Gasteiger partial charge in [0.1, 0.15) is 6.29 Å². The van der Waals surface area contributed by atoms with Crippen LogP contribution in [0.4, 0.5) is 22.0 Å². The molecule has 0 aromatic heterocycles. The minimum Gasteiger partial charge on any atom is -0.494 e. The van der Waals surface area contributed by atoms with Gasteiger partial charge < -0.3 is 41.9 Å². The molecule has 11 nitrogen and oxygen atoms in total. The second-order valence-corrected chi connectivity index (χ2v) is 8.25. The number of benzene rings is 1. The number of allylic oxidation sites excluding steroid dienone is 4. The molecule has 8 N–H and O–H groups in total. The van der Waals surface area contributed by atoms with Gasteiger partial charge in [0.25, 0.3) is 0 Å². The molecule has 0 fully saturated rings. The van der Waals surface area contributed by atoms with Crippen LogP contribution in [0.1, 0.15) is 25.3 Å². The predicted octanol–water partition coefficient (Wildman–Crippen LogP) is 3.90. The van der Waals surface area contributed by atoms with E-state index in [0.717, 1.165) is 51.4 Å². The maximum Gasteiger partial charge on any atom is 0.446 e. The number of methoxy groups -OCH3 is 1. The van der Waals surface area contributed by atoms with Crippen LogP contribution in [-0.4, -0.2) is 98.1 Å². The van der Waals surface area contributed by atoms with Crippen molar-refractivity contribution in [3.63, 3.8) is 0 Å². The number of carbonyl (C=O) groups is 2. The number of halogens is 5. The summed E-state index contributed by atoms with van der Waals surface area (Å²) in [5.41, 5.74) is 2.06. The van der Waals surface area contributed by atoms with E-state index in [1.807, 2.05) is 41.2 Å². The average Bonchev–Trinajstić information content (AvgIpc) is 3.08. The second kappa shape index (κ2) is 46.0. The van der Waals surface area contributed by atoms with E-state index in [-0.39, 0.29) is 55.2 Å². The first-order chi connectivity index (χ1) is 22.8. The van der Waals surface area contributed by atoms with Crippen LogP contribution < -0.4 is 31.3 Å². The van der Waals surface area contributed by atoms with Crippen LogP contribution in [0, 0.1) is 18.7 Å². The molecule has 0 aliphatic heterocycles. The number of aliphatic hydroxyl groups is 1. The van der Waals surface area contributed by atoms with Crippen molar-refractivity contribution < 1.29 is 79.6 Å². The smallest absolute Gasteiger partial charge is 0.446 e. The van der Waals surface area contributed by atoms with E-state index in [9.17, 15) is 26.7 Å². The number of likely N-dealkylation sites (N-methyl/N-ethyl adjacent to an activating group) is 1. The molecule has 0 aliphatic rings. The second-order valence-electron chi connectivity index (χ2n) is 8.25. The number of aliphatic hydroxyl groups excluding tert-OH is 1. The first kappa shape index (κ1) is 62.2. The fourth-order valence-corrected chi connectivity index (χ4v) is 2.71.